The van der Waals surface area contributed by atoms with Gasteiger partial charge in [-0.3, -0.25) is 19.8 Å². The molecule has 0 N–H and O–H groups in total. The van der Waals surface area contributed by atoms with Gasteiger partial charge in [0.2, 0.25) is 0 Å². The normalized spacial score (nSPS) is 15.2. The van der Waals surface area contributed by atoms with Crippen molar-refractivity contribution in [1.82, 2.24) is 4.90 Å². The molecule has 3 rings (SSSR count). The number of carboxylic acid groups (broad SMARTS) is 1. The zero-order valence-corrected chi connectivity index (χ0v) is 17.4. The van der Waals surface area contributed by atoms with Crippen molar-refractivity contribution in [2.45, 2.75) is 25.7 Å². The zero-order chi connectivity index (χ0) is 21.7. The predicted molar refractivity (Wildman–Crippen MR) is 114 cm³/mol. The molecule has 0 unspecified atom stereocenters. The monoisotopic (exact) mass is 445 g/mol. The number of thiocarbonyl (C=S) groups is 1. The largest absolute Gasteiger partial charge is 0.550 e. The molecule has 1 aliphatic rings. The van der Waals surface area contributed by atoms with Crippen LogP contribution in [0.2, 0.25) is 0 Å². The average Bonchev–Trinajstić information content (AvgIpc) is 3.27. The maximum absolute atomic E-state index is 12.6. The van der Waals surface area contributed by atoms with E-state index in [1.165, 1.54) is 28.8 Å². The van der Waals surface area contributed by atoms with E-state index in [9.17, 15) is 24.8 Å². The van der Waals surface area contributed by atoms with E-state index in [1.54, 1.807) is 30.3 Å². The number of hydrogen-bond donors (Lipinski definition) is 0. The Balaban J connectivity index is 1.63. The van der Waals surface area contributed by atoms with E-state index in [4.69, 9.17) is 16.6 Å². The van der Waals surface area contributed by atoms with Crippen molar-refractivity contribution in [1.29, 1.82) is 0 Å². The fourth-order valence-electron chi connectivity index (χ4n) is 2.87. The molecule has 8 nitrogen and oxygen atoms in total. The first kappa shape index (κ1) is 21.7. The molecule has 1 aliphatic heterocycles. The van der Waals surface area contributed by atoms with E-state index in [0.29, 0.717) is 52.1 Å². The molecule has 0 aliphatic carbocycles. The highest BCUT2D eigenvalue weighted by Crippen LogP contribution is 2.34. The second-order valence-electron chi connectivity index (χ2n) is 6.52. The Bertz CT molecular complexity index is 1010. The summed E-state index contributed by atoms with van der Waals surface area (Å²) < 4.78 is 6.20. The van der Waals surface area contributed by atoms with E-state index in [0.717, 1.165) is 0 Å². The van der Waals surface area contributed by atoms with Gasteiger partial charge in [-0.25, -0.2) is 0 Å². The number of carbonyl (C=O) groups is 2. The highest BCUT2D eigenvalue weighted by atomic mass is 32.2. The minimum Gasteiger partial charge on any atom is -0.550 e. The third-order valence-corrected chi connectivity index (χ3v) is 5.78. The molecule has 2 aromatic rings. The van der Waals surface area contributed by atoms with Crippen molar-refractivity contribution in [3.8, 4) is 11.3 Å². The summed E-state index contributed by atoms with van der Waals surface area (Å²) in [5.41, 5.74) is 0.679. The van der Waals surface area contributed by atoms with Crippen LogP contribution in [0.15, 0.2) is 45.7 Å². The lowest BCUT2D eigenvalue weighted by Gasteiger charge is -2.14. The van der Waals surface area contributed by atoms with E-state index in [1.807, 2.05) is 0 Å². The molecule has 0 radical (unpaired) electrons. The van der Waals surface area contributed by atoms with Gasteiger partial charge in [0.25, 0.3) is 11.6 Å². The SMILES string of the molecule is O=C([O-])CCCCCN1C(=O)/C(=C\c2ccc(-c3ccc([N+](=O)[O-])cc3)o2)SC1=S. The summed E-state index contributed by atoms with van der Waals surface area (Å²) in [7, 11) is 0. The Kier molecular flexibility index (Phi) is 7.01. The molecule has 10 heteroatoms. The third-order valence-electron chi connectivity index (χ3n) is 4.40. The first-order valence-electron chi connectivity index (χ1n) is 9.15. The molecule has 1 amide bonds. The van der Waals surface area contributed by atoms with Crippen molar-refractivity contribution in [2.75, 3.05) is 6.54 Å². The summed E-state index contributed by atoms with van der Waals surface area (Å²) in [6.07, 6.45) is 3.45. The number of aliphatic carboxylic acids is 1. The number of nitrogens with zero attached hydrogens (tertiary/aromatic N) is 2. The second-order valence-corrected chi connectivity index (χ2v) is 8.20. The van der Waals surface area contributed by atoms with Gasteiger partial charge >= 0.3 is 0 Å². The maximum atomic E-state index is 12.6. The van der Waals surface area contributed by atoms with Gasteiger partial charge in [0.1, 0.15) is 15.8 Å². The molecule has 0 saturated carbocycles. The molecule has 0 spiro atoms. The Morgan fingerprint density at radius 3 is 2.57 bits per heavy atom. The van der Waals surface area contributed by atoms with Crippen molar-refractivity contribution < 1.29 is 24.0 Å². The molecule has 156 valence electrons. The van der Waals surface area contributed by atoms with Gasteiger partial charge in [-0.1, -0.05) is 30.4 Å². The van der Waals surface area contributed by atoms with Gasteiger partial charge in [-0.15, -0.1) is 0 Å². The Labute approximate surface area is 181 Å². The first-order valence-corrected chi connectivity index (χ1v) is 10.4. The van der Waals surface area contributed by atoms with Gasteiger partial charge in [0.15, 0.2) is 0 Å². The van der Waals surface area contributed by atoms with Crippen LogP contribution >= 0.6 is 24.0 Å². The highest BCUT2D eigenvalue weighted by Gasteiger charge is 2.31. The maximum Gasteiger partial charge on any atom is 0.269 e. The lowest BCUT2D eigenvalue weighted by molar-refractivity contribution is -0.384. The van der Waals surface area contributed by atoms with Crippen LogP contribution in [-0.4, -0.2) is 32.6 Å². The Morgan fingerprint density at radius 2 is 1.90 bits per heavy atom. The van der Waals surface area contributed by atoms with Gasteiger partial charge < -0.3 is 14.3 Å². The topological polar surface area (TPSA) is 117 Å². The number of benzene rings is 1. The molecule has 0 bridgehead atoms. The molecule has 1 saturated heterocycles. The number of nitro benzene ring substituents is 1. The van der Waals surface area contributed by atoms with Gasteiger partial charge in [0.05, 0.1) is 9.83 Å². The number of unbranched alkanes of at least 4 members (excludes halogenated alkanes) is 2. The predicted octanol–water partition coefficient (Wildman–Crippen LogP) is 3.37. The van der Waals surface area contributed by atoms with Gasteiger partial charge in [0, 0.05) is 36.3 Å². The average molecular weight is 445 g/mol. The number of furan rings is 1. The summed E-state index contributed by atoms with van der Waals surface area (Å²) in [6.45, 7) is 0.432. The van der Waals surface area contributed by atoms with Crippen molar-refractivity contribution in [3.63, 3.8) is 0 Å². The number of hydrogen-bond acceptors (Lipinski definition) is 8. The number of nitro groups is 1. The molecular formula is C20H17N2O6S2-. The molecule has 0 atom stereocenters. The molecule has 1 aromatic carbocycles. The number of amides is 1. The van der Waals surface area contributed by atoms with Gasteiger partial charge in [-0.05, 0) is 43.5 Å². The zero-order valence-electron chi connectivity index (χ0n) is 15.7. The van der Waals surface area contributed by atoms with Crippen LogP contribution in [0.4, 0.5) is 5.69 Å². The van der Waals surface area contributed by atoms with E-state index >= 15 is 0 Å². The molecular weight excluding hydrogens is 428 g/mol. The van der Waals surface area contributed by atoms with Crippen molar-refractivity contribution in [2.24, 2.45) is 0 Å². The summed E-state index contributed by atoms with van der Waals surface area (Å²) in [5, 5.41) is 21.2. The van der Waals surface area contributed by atoms with Crippen LogP contribution in [0, 0.1) is 10.1 Å². The van der Waals surface area contributed by atoms with Crippen molar-refractivity contribution >= 4 is 51.9 Å². The number of non-ortho nitro benzene ring substituents is 1. The van der Waals surface area contributed by atoms with Crippen LogP contribution in [0.3, 0.4) is 0 Å². The van der Waals surface area contributed by atoms with E-state index in [2.05, 4.69) is 0 Å². The summed E-state index contributed by atoms with van der Waals surface area (Å²) in [6, 6.07) is 9.43. The summed E-state index contributed by atoms with van der Waals surface area (Å²) in [5.74, 6) is -0.286. The van der Waals surface area contributed by atoms with Crippen LogP contribution in [-0.2, 0) is 9.59 Å². The summed E-state index contributed by atoms with van der Waals surface area (Å²) >= 11 is 6.47. The standard InChI is InChI=1S/C20H18N2O6S2/c23-18(24)4-2-1-3-11-21-19(25)17(30-20(21)29)12-15-9-10-16(28-15)13-5-7-14(8-6-13)22(26)27/h5-10,12H,1-4,11H2,(H,23,24)/p-1/b17-12+. The molecule has 1 fully saturated rings. The summed E-state index contributed by atoms with van der Waals surface area (Å²) in [4.78, 5) is 35.3. The molecule has 1 aromatic heterocycles. The van der Waals surface area contributed by atoms with Crippen LogP contribution < -0.4 is 5.11 Å². The lowest BCUT2D eigenvalue weighted by Crippen LogP contribution is -2.29. The van der Waals surface area contributed by atoms with Crippen LogP contribution in [0.1, 0.15) is 31.4 Å². The van der Waals surface area contributed by atoms with Crippen molar-refractivity contribution in [3.05, 3.63) is 57.2 Å². The number of carbonyl (C=O) groups excluding carboxylic acids is 2. The molecule has 2 heterocycles. The smallest absolute Gasteiger partial charge is 0.269 e. The lowest BCUT2D eigenvalue weighted by atomic mass is 10.1. The second kappa shape index (κ2) is 9.68. The Hall–Kier alpha value is -2.98. The highest BCUT2D eigenvalue weighted by molar-refractivity contribution is 8.26. The minimum absolute atomic E-state index is 0.00571. The fourth-order valence-corrected chi connectivity index (χ4v) is 4.16. The third kappa shape index (κ3) is 5.33. The number of rotatable bonds is 9. The Morgan fingerprint density at radius 1 is 1.17 bits per heavy atom. The fraction of sp³-hybridized carbons (Fsp3) is 0.250. The van der Waals surface area contributed by atoms with Crippen LogP contribution in [0.5, 0.6) is 0 Å². The quantitative estimate of drug-likeness (QED) is 0.190. The minimum atomic E-state index is -1.07. The van der Waals surface area contributed by atoms with Crippen LogP contribution in [0.25, 0.3) is 17.4 Å². The van der Waals surface area contributed by atoms with E-state index in [-0.39, 0.29) is 18.0 Å². The number of carboxylic acids is 1. The first-order chi connectivity index (χ1) is 14.3. The molecule has 30 heavy (non-hydrogen) atoms. The van der Waals surface area contributed by atoms with Gasteiger partial charge in [-0.2, -0.15) is 0 Å². The number of thioether (sulfide) groups is 1. The van der Waals surface area contributed by atoms with E-state index < -0.39 is 10.9 Å².